The Balaban J connectivity index is 0.00000200. The number of hydrogen-bond acceptors (Lipinski definition) is 3. The number of nitrogens with one attached hydrogen (secondary N) is 3. The van der Waals surface area contributed by atoms with E-state index in [2.05, 4.69) is 16.0 Å². The molecule has 2 rings (SSSR count). The summed E-state index contributed by atoms with van der Waals surface area (Å²) in [7, 11) is 0. The summed E-state index contributed by atoms with van der Waals surface area (Å²) in [5, 5.41) is 9.69. The minimum Gasteiger partial charge on any atom is -0.383 e. The van der Waals surface area contributed by atoms with Crippen LogP contribution >= 0.6 is 12.4 Å². The fourth-order valence-corrected chi connectivity index (χ4v) is 2.32. The quantitative estimate of drug-likeness (QED) is 0.779. The molecule has 1 aliphatic rings. The van der Waals surface area contributed by atoms with Crippen LogP contribution in [0.4, 0.5) is 5.69 Å². The summed E-state index contributed by atoms with van der Waals surface area (Å²) in [5.74, 6) is 0.379. The standard InChI is InChI=1S/C15H23N3O.ClH/c1-12(11-17-14-5-3-2-4-6-14)18-15(19)13-7-9-16-10-8-13;/h2-6,12-13,16-17H,7-11H2,1H3,(H,18,19);1H. The SMILES string of the molecule is CC(CNc1ccccc1)NC(=O)C1CCNCC1.Cl. The summed E-state index contributed by atoms with van der Waals surface area (Å²) >= 11 is 0. The Morgan fingerprint density at radius 3 is 2.60 bits per heavy atom. The van der Waals surface area contributed by atoms with Crippen molar-refractivity contribution in [3.8, 4) is 0 Å². The maximum absolute atomic E-state index is 12.1. The molecule has 4 nitrogen and oxygen atoms in total. The molecule has 112 valence electrons. The fraction of sp³-hybridized carbons (Fsp3) is 0.533. The molecule has 1 heterocycles. The number of carbonyl (C=O) groups excluding carboxylic acids is 1. The maximum Gasteiger partial charge on any atom is 0.223 e. The van der Waals surface area contributed by atoms with Crippen LogP contribution in [0.15, 0.2) is 30.3 Å². The monoisotopic (exact) mass is 297 g/mol. The zero-order valence-electron chi connectivity index (χ0n) is 11.9. The lowest BCUT2D eigenvalue weighted by atomic mass is 9.97. The molecule has 0 saturated carbocycles. The molecule has 1 aromatic rings. The maximum atomic E-state index is 12.1. The van der Waals surface area contributed by atoms with Crippen LogP contribution in [0.3, 0.4) is 0 Å². The minimum absolute atomic E-state index is 0. The Bertz CT molecular complexity index is 393. The molecule has 1 saturated heterocycles. The number of anilines is 1. The first kappa shape index (κ1) is 16.8. The van der Waals surface area contributed by atoms with Crippen molar-refractivity contribution in [2.24, 2.45) is 5.92 Å². The van der Waals surface area contributed by atoms with E-state index in [1.165, 1.54) is 0 Å². The van der Waals surface area contributed by atoms with Gasteiger partial charge in [-0.1, -0.05) is 18.2 Å². The molecular weight excluding hydrogens is 274 g/mol. The van der Waals surface area contributed by atoms with Crippen molar-refractivity contribution in [1.29, 1.82) is 0 Å². The minimum atomic E-state index is 0. The van der Waals surface area contributed by atoms with Crippen molar-refractivity contribution in [3.05, 3.63) is 30.3 Å². The second-order valence-electron chi connectivity index (χ2n) is 5.18. The van der Waals surface area contributed by atoms with Gasteiger partial charge in [0.1, 0.15) is 0 Å². The normalized spacial score (nSPS) is 16.9. The van der Waals surface area contributed by atoms with Crippen LogP contribution in [-0.2, 0) is 4.79 Å². The van der Waals surface area contributed by atoms with E-state index in [4.69, 9.17) is 0 Å². The second-order valence-corrected chi connectivity index (χ2v) is 5.18. The van der Waals surface area contributed by atoms with E-state index < -0.39 is 0 Å². The number of hydrogen-bond donors (Lipinski definition) is 3. The molecule has 3 N–H and O–H groups in total. The predicted molar refractivity (Wildman–Crippen MR) is 85.4 cm³/mol. The van der Waals surface area contributed by atoms with Crippen molar-refractivity contribution >= 4 is 24.0 Å². The summed E-state index contributed by atoms with van der Waals surface area (Å²) in [6, 6.07) is 10.2. The van der Waals surface area contributed by atoms with Gasteiger partial charge in [0.05, 0.1) is 0 Å². The van der Waals surface area contributed by atoms with Gasteiger partial charge in [-0.25, -0.2) is 0 Å². The van der Waals surface area contributed by atoms with Gasteiger partial charge < -0.3 is 16.0 Å². The number of para-hydroxylation sites is 1. The number of benzene rings is 1. The topological polar surface area (TPSA) is 53.2 Å². The van der Waals surface area contributed by atoms with Gasteiger partial charge in [0.2, 0.25) is 5.91 Å². The lowest BCUT2D eigenvalue weighted by Crippen LogP contribution is -2.43. The van der Waals surface area contributed by atoms with Gasteiger partial charge in [-0.3, -0.25) is 4.79 Å². The molecule has 1 unspecified atom stereocenters. The first-order chi connectivity index (χ1) is 9.25. The Labute approximate surface area is 127 Å². The second kappa shape index (κ2) is 8.82. The van der Waals surface area contributed by atoms with E-state index in [1.807, 2.05) is 37.3 Å². The molecule has 1 aromatic carbocycles. The highest BCUT2D eigenvalue weighted by Crippen LogP contribution is 2.11. The number of halogens is 1. The van der Waals surface area contributed by atoms with Gasteiger partial charge in [-0.05, 0) is 45.0 Å². The summed E-state index contributed by atoms with van der Waals surface area (Å²) in [4.78, 5) is 12.1. The van der Waals surface area contributed by atoms with Crippen molar-refractivity contribution in [2.75, 3.05) is 25.0 Å². The van der Waals surface area contributed by atoms with E-state index in [0.717, 1.165) is 38.2 Å². The number of rotatable bonds is 5. The summed E-state index contributed by atoms with van der Waals surface area (Å²) in [6.45, 7) is 4.69. The third kappa shape index (κ3) is 5.39. The summed E-state index contributed by atoms with van der Waals surface area (Å²) < 4.78 is 0. The highest BCUT2D eigenvalue weighted by molar-refractivity contribution is 5.85. The molecule has 1 amide bonds. The number of amides is 1. The predicted octanol–water partition coefficient (Wildman–Crippen LogP) is 2.02. The third-order valence-corrected chi connectivity index (χ3v) is 3.48. The van der Waals surface area contributed by atoms with Gasteiger partial charge in [0.15, 0.2) is 0 Å². The molecule has 5 heteroatoms. The van der Waals surface area contributed by atoms with Crippen molar-refractivity contribution in [3.63, 3.8) is 0 Å². The number of carbonyl (C=O) groups is 1. The third-order valence-electron chi connectivity index (χ3n) is 3.48. The van der Waals surface area contributed by atoms with Gasteiger partial charge in [0.25, 0.3) is 0 Å². The van der Waals surface area contributed by atoms with Crippen LogP contribution in [0.2, 0.25) is 0 Å². The van der Waals surface area contributed by atoms with E-state index in [1.54, 1.807) is 0 Å². The van der Waals surface area contributed by atoms with Crippen LogP contribution in [-0.4, -0.2) is 31.6 Å². The average molecular weight is 298 g/mol. The summed E-state index contributed by atoms with van der Waals surface area (Å²) in [6.07, 6.45) is 1.90. The fourth-order valence-electron chi connectivity index (χ4n) is 2.32. The van der Waals surface area contributed by atoms with E-state index >= 15 is 0 Å². The molecule has 0 aromatic heterocycles. The zero-order chi connectivity index (χ0) is 13.5. The van der Waals surface area contributed by atoms with Gasteiger partial charge in [-0.2, -0.15) is 0 Å². The molecular formula is C15H24ClN3O. The smallest absolute Gasteiger partial charge is 0.223 e. The largest absolute Gasteiger partial charge is 0.383 e. The molecule has 1 atom stereocenters. The molecule has 1 aliphatic heterocycles. The van der Waals surface area contributed by atoms with Gasteiger partial charge >= 0.3 is 0 Å². The van der Waals surface area contributed by atoms with Crippen LogP contribution in [0, 0.1) is 5.92 Å². The van der Waals surface area contributed by atoms with E-state index in [0.29, 0.717) is 0 Å². The first-order valence-corrected chi connectivity index (χ1v) is 7.05. The molecule has 0 bridgehead atoms. The molecule has 0 aliphatic carbocycles. The Morgan fingerprint density at radius 1 is 1.30 bits per heavy atom. The van der Waals surface area contributed by atoms with Gasteiger partial charge in [0, 0.05) is 24.2 Å². The lowest BCUT2D eigenvalue weighted by Gasteiger charge is -2.24. The van der Waals surface area contributed by atoms with Crippen molar-refractivity contribution in [2.45, 2.75) is 25.8 Å². The van der Waals surface area contributed by atoms with Crippen LogP contribution in [0.1, 0.15) is 19.8 Å². The molecule has 1 fully saturated rings. The Morgan fingerprint density at radius 2 is 1.95 bits per heavy atom. The Kier molecular flexibility index (Phi) is 7.41. The Hall–Kier alpha value is -1.26. The summed E-state index contributed by atoms with van der Waals surface area (Å²) in [5.41, 5.74) is 1.09. The van der Waals surface area contributed by atoms with Crippen LogP contribution in [0.25, 0.3) is 0 Å². The van der Waals surface area contributed by atoms with E-state index in [9.17, 15) is 4.79 Å². The highest BCUT2D eigenvalue weighted by Gasteiger charge is 2.21. The van der Waals surface area contributed by atoms with E-state index in [-0.39, 0.29) is 30.3 Å². The first-order valence-electron chi connectivity index (χ1n) is 7.05. The number of piperidine rings is 1. The van der Waals surface area contributed by atoms with Crippen molar-refractivity contribution in [1.82, 2.24) is 10.6 Å². The molecule has 0 spiro atoms. The lowest BCUT2D eigenvalue weighted by molar-refractivity contribution is -0.126. The highest BCUT2D eigenvalue weighted by atomic mass is 35.5. The van der Waals surface area contributed by atoms with Crippen LogP contribution < -0.4 is 16.0 Å². The van der Waals surface area contributed by atoms with Crippen LogP contribution in [0.5, 0.6) is 0 Å². The van der Waals surface area contributed by atoms with Gasteiger partial charge in [-0.15, -0.1) is 12.4 Å². The zero-order valence-corrected chi connectivity index (χ0v) is 12.7. The average Bonchev–Trinajstić information content (AvgIpc) is 2.47. The molecule has 0 radical (unpaired) electrons. The molecule has 20 heavy (non-hydrogen) atoms. The van der Waals surface area contributed by atoms with Crippen molar-refractivity contribution < 1.29 is 4.79 Å².